The molecule has 0 saturated carbocycles. The number of H-pyrrole nitrogens is 1. The zero-order chi connectivity index (χ0) is 11.0. The number of fused-ring (bicyclic) bond motifs is 1. The first-order valence-electron chi connectivity index (χ1n) is 3.88. The van der Waals surface area contributed by atoms with Crippen LogP contribution in [0.5, 0.6) is 0 Å². The Bertz CT molecular complexity index is 567. The Morgan fingerprint density at radius 2 is 2.13 bits per heavy atom. The molecule has 3 N–H and O–H groups in total. The van der Waals surface area contributed by atoms with Gasteiger partial charge in [-0.15, -0.1) is 0 Å². The van der Waals surface area contributed by atoms with E-state index in [1.165, 1.54) is 6.20 Å². The largest absolute Gasteiger partial charge is 0.369 e. The third kappa shape index (κ3) is 1.86. The van der Waals surface area contributed by atoms with Crippen molar-refractivity contribution in [1.29, 1.82) is 0 Å². The van der Waals surface area contributed by atoms with Gasteiger partial charge >= 0.3 is 0 Å². The summed E-state index contributed by atoms with van der Waals surface area (Å²) in [6, 6.07) is 0. The molecule has 0 saturated heterocycles. The summed E-state index contributed by atoms with van der Waals surface area (Å²) in [7, 11) is 0. The summed E-state index contributed by atoms with van der Waals surface area (Å²) < 4.78 is 0. The van der Waals surface area contributed by atoms with Crippen molar-refractivity contribution in [3.05, 3.63) is 22.2 Å². The van der Waals surface area contributed by atoms with Crippen LogP contribution in [0.3, 0.4) is 0 Å². The second-order valence-corrected chi connectivity index (χ2v) is 3.82. The van der Waals surface area contributed by atoms with Crippen LogP contribution in [0.1, 0.15) is 10.5 Å². The van der Waals surface area contributed by atoms with Crippen LogP contribution < -0.4 is 11.3 Å². The molecule has 78 valence electrons. The minimum Gasteiger partial charge on any atom is -0.369 e. The van der Waals surface area contributed by atoms with E-state index in [2.05, 4.69) is 19.9 Å². The molecule has 2 aromatic rings. The number of alkyl halides is 2. The Morgan fingerprint density at radius 3 is 2.80 bits per heavy atom. The molecule has 0 atom stereocenters. The first-order valence-corrected chi connectivity index (χ1v) is 4.76. The summed E-state index contributed by atoms with van der Waals surface area (Å²) in [5.74, 6) is -0.0113. The lowest BCUT2D eigenvalue weighted by molar-refractivity contribution is 1.07. The average molecular weight is 246 g/mol. The Kier molecular flexibility index (Phi) is 2.45. The molecule has 2 aromatic heterocycles. The number of aromatic nitrogens is 4. The first-order chi connectivity index (χ1) is 7.08. The molecule has 0 unspecified atom stereocenters. The molecule has 0 aliphatic heterocycles. The summed E-state index contributed by atoms with van der Waals surface area (Å²) in [6.07, 6.45) is 1.35. The monoisotopic (exact) mass is 245 g/mol. The van der Waals surface area contributed by atoms with Crippen LogP contribution >= 0.6 is 23.2 Å². The molecule has 0 aliphatic rings. The molecular formula is C7H5Cl2N5O. The fourth-order valence-corrected chi connectivity index (χ4v) is 1.26. The van der Waals surface area contributed by atoms with Crippen LogP contribution in [0.25, 0.3) is 11.2 Å². The molecule has 0 aliphatic carbocycles. The molecular weight excluding hydrogens is 241 g/mol. The maximum atomic E-state index is 11.4. The van der Waals surface area contributed by atoms with E-state index in [4.69, 9.17) is 28.9 Å². The Morgan fingerprint density at radius 1 is 1.40 bits per heavy atom. The van der Waals surface area contributed by atoms with Gasteiger partial charge in [-0.2, -0.15) is 4.98 Å². The number of hydrogen-bond donors (Lipinski definition) is 2. The summed E-state index contributed by atoms with van der Waals surface area (Å²) in [6.45, 7) is 0. The van der Waals surface area contributed by atoms with Gasteiger partial charge in [0.15, 0.2) is 16.0 Å². The molecule has 6 nitrogen and oxygen atoms in total. The standard InChI is InChI=1S/C7H5Cl2N5O/c8-4(9)2-1-11-5-3(12-2)6(15)14-7(10)13-5/h1,4H,(H3,10,11,13,14,15). The molecule has 0 amide bonds. The fourth-order valence-electron chi connectivity index (χ4n) is 1.05. The predicted octanol–water partition coefficient (Wildman–Crippen LogP) is 0.771. The highest BCUT2D eigenvalue weighted by Gasteiger charge is 2.10. The number of nitrogens with two attached hydrogens (primary N) is 1. The van der Waals surface area contributed by atoms with E-state index >= 15 is 0 Å². The van der Waals surface area contributed by atoms with E-state index in [1.54, 1.807) is 0 Å². The van der Waals surface area contributed by atoms with Gasteiger partial charge < -0.3 is 5.73 Å². The van der Waals surface area contributed by atoms with Crippen molar-refractivity contribution in [2.75, 3.05) is 5.73 Å². The van der Waals surface area contributed by atoms with Crippen molar-refractivity contribution in [3.8, 4) is 0 Å². The zero-order valence-electron chi connectivity index (χ0n) is 7.24. The Hall–Kier alpha value is -1.40. The SMILES string of the molecule is Nc1nc2ncc(C(Cl)Cl)nc2c(=O)[nH]1. The zero-order valence-corrected chi connectivity index (χ0v) is 8.75. The summed E-state index contributed by atoms with van der Waals surface area (Å²) in [5.41, 5.74) is 5.38. The van der Waals surface area contributed by atoms with Gasteiger partial charge in [-0.1, -0.05) is 23.2 Å². The van der Waals surface area contributed by atoms with Gasteiger partial charge in [0.1, 0.15) is 0 Å². The van der Waals surface area contributed by atoms with E-state index in [0.29, 0.717) is 5.69 Å². The van der Waals surface area contributed by atoms with E-state index in [0.717, 1.165) is 0 Å². The van der Waals surface area contributed by atoms with E-state index in [1.807, 2.05) is 0 Å². The first kappa shape index (κ1) is 10.1. The summed E-state index contributed by atoms with van der Waals surface area (Å²) >= 11 is 11.2. The molecule has 0 fully saturated rings. The van der Waals surface area contributed by atoms with E-state index < -0.39 is 10.4 Å². The van der Waals surface area contributed by atoms with Gasteiger partial charge in [0, 0.05) is 0 Å². The minimum atomic E-state index is -0.834. The van der Waals surface area contributed by atoms with Crippen LogP contribution in [-0.4, -0.2) is 19.9 Å². The van der Waals surface area contributed by atoms with Crippen molar-refractivity contribution in [1.82, 2.24) is 19.9 Å². The number of hydrogen-bond acceptors (Lipinski definition) is 5. The fraction of sp³-hybridized carbons (Fsp3) is 0.143. The van der Waals surface area contributed by atoms with Gasteiger partial charge in [-0.05, 0) is 0 Å². The molecule has 8 heteroatoms. The third-order valence-corrected chi connectivity index (χ3v) is 2.13. The molecule has 0 spiro atoms. The molecule has 0 aromatic carbocycles. The number of nitrogen functional groups attached to an aromatic ring is 1. The van der Waals surface area contributed by atoms with E-state index in [-0.39, 0.29) is 17.1 Å². The highest BCUT2D eigenvalue weighted by atomic mass is 35.5. The topological polar surface area (TPSA) is 97.5 Å². The smallest absolute Gasteiger partial charge is 0.280 e. The second-order valence-electron chi connectivity index (χ2n) is 2.72. The van der Waals surface area contributed by atoms with Gasteiger partial charge in [-0.3, -0.25) is 9.78 Å². The van der Waals surface area contributed by atoms with Crippen LogP contribution in [0.4, 0.5) is 5.95 Å². The Balaban J connectivity index is 2.77. The van der Waals surface area contributed by atoms with E-state index in [9.17, 15) is 4.79 Å². The lowest BCUT2D eigenvalue weighted by Gasteiger charge is -2.01. The number of nitrogens with zero attached hydrogens (tertiary/aromatic N) is 3. The van der Waals surface area contributed by atoms with Crippen molar-refractivity contribution >= 4 is 40.3 Å². The molecule has 0 radical (unpaired) electrons. The number of nitrogens with one attached hydrogen (secondary N) is 1. The summed E-state index contributed by atoms with van der Waals surface area (Å²) in [4.78, 5) is 24.5. The highest BCUT2D eigenvalue weighted by Crippen LogP contribution is 2.22. The number of aromatic amines is 1. The molecule has 0 bridgehead atoms. The van der Waals surface area contributed by atoms with Gasteiger partial charge in [-0.25, -0.2) is 9.97 Å². The maximum Gasteiger partial charge on any atom is 0.280 e. The number of halogens is 2. The molecule has 2 rings (SSSR count). The predicted molar refractivity (Wildman–Crippen MR) is 56.8 cm³/mol. The normalized spacial score (nSPS) is 11.1. The van der Waals surface area contributed by atoms with Gasteiger partial charge in [0.05, 0.1) is 11.9 Å². The van der Waals surface area contributed by atoms with Crippen molar-refractivity contribution in [2.45, 2.75) is 4.84 Å². The quantitative estimate of drug-likeness (QED) is 0.724. The lowest BCUT2D eigenvalue weighted by atomic mass is 10.4. The van der Waals surface area contributed by atoms with Crippen LogP contribution in [-0.2, 0) is 0 Å². The number of rotatable bonds is 1. The lowest BCUT2D eigenvalue weighted by Crippen LogP contribution is -2.14. The number of anilines is 1. The Labute approximate surface area is 93.5 Å². The molecule has 2 heterocycles. The van der Waals surface area contributed by atoms with Crippen molar-refractivity contribution < 1.29 is 0 Å². The van der Waals surface area contributed by atoms with Crippen molar-refractivity contribution in [3.63, 3.8) is 0 Å². The van der Waals surface area contributed by atoms with Crippen molar-refractivity contribution in [2.24, 2.45) is 0 Å². The summed E-state index contributed by atoms with van der Waals surface area (Å²) in [5, 5.41) is 0. The highest BCUT2D eigenvalue weighted by molar-refractivity contribution is 6.43. The van der Waals surface area contributed by atoms with Gasteiger partial charge in [0.2, 0.25) is 5.95 Å². The average Bonchev–Trinajstić information content (AvgIpc) is 2.16. The van der Waals surface area contributed by atoms with Gasteiger partial charge in [0.25, 0.3) is 5.56 Å². The third-order valence-electron chi connectivity index (χ3n) is 1.68. The minimum absolute atomic E-state index is 0.0113. The van der Waals surface area contributed by atoms with Crippen LogP contribution in [0.15, 0.2) is 11.0 Å². The van der Waals surface area contributed by atoms with Crippen LogP contribution in [0, 0.1) is 0 Å². The maximum absolute atomic E-state index is 11.4. The van der Waals surface area contributed by atoms with Crippen LogP contribution in [0.2, 0.25) is 0 Å². The molecule has 15 heavy (non-hydrogen) atoms. The second kappa shape index (κ2) is 3.63.